The number of hydrogen-bond donors (Lipinski definition) is 0. The Morgan fingerprint density at radius 2 is 1.80 bits per heavy atom. The van der Waals surface area contributed by atoms with Crippen LogP contribution < -0.4 is 0 Å². The number of halogens is 1. The number of nitriles is 1. The van der Waals surface area contributed by atoms with E-state index in [1.807, 2.05) is 54.6 Å². The van der Waals surface area contributed by atoms with Crippen molar-refractivity contribution in [3.63, 3.8) is 0 Å². The predicted molar refractivity (Wildman–Crippen MR) is 82.0 cm³/mol. The molecule has 1 heterocycles. The number of rotatable bonds is 2. The molecule has 0 radical (unpaired) electrons. The second-order valence-electron chi connectivity index (χ2n) is 4.18. The Morgan fingerprint density at radius 1 is 1.05 bits per heavy atom. The van der Waals surface area contributed by atoms with Gasteiger partial charge in [0.15, 0.2) is 0 Å². The standard InChI is InChI=1S/C16H9ClN2S/c17-13-6-2-4-8-15(13)20-16-12(10-18)9-11-5-1-3-7-14(11)19-16/h1-9H. The zero-order chi connectivity index (χ0) is 13.9. The molecule has 0 atom stereocenters. The summed E-state index contributed by atoms with van der Waals surface area (Å²) in [7, 11) is 0. The summed E-state index contributed by atoms with van der Waals surface area (Å²) in [6.07, 6.45) is 0. The molecule has 2 nitrogen and oxygen atoms in total. The largest absolute Gasteiger partial charge is 0.240 e. The van der Waals surface area contributed by atoms with E-state index in [0.29, 0.717) is 15.6 Å². The van der Waals surface area contributed by atoms with Gasteiger partial charge in [0.25, 0.3) is 0 Å². The highest BCUT2D eigenvalue weighted by atomic mass is 35.5. The van der Waals surface area contributed by atoms with Gasteiger partial charge in [-0.2, -0.15) is 5.26 Å². The van der Waals surface area contributed by atoms with Crippen LogP contribution in [0.4, 0.5) is 0 Å². The Balaban J connectivity index is 2.11. The molecule has 1 aromatic heterocycles. The minimum absolute atomic E-state index is 0.564. The SMILES string of the molecule is N#Cc1cc2ccccc2nc1Sc1ccccc1Cl. The monoisotopic (exact) mass is 296 g/mol. The van der Waals surface area contributed by atoms with Crippen molar-refractivity contribution in [2.24, 2.45) is 0 Å². The summed E-state index contributed by atoms with van der Waals surface area (Å²) in [5.41, 5.74) is 1.44. The van der Waals surface area contributed by atoms with E-state index in [2.05, 4.69) is 11.1 Å². The van der Waals surface area contributed by atoms with Gasteiger partial charge in [0.2, 0.25) is 0 Å². The van der Waals surface area contributed by atoms with Crippen LogP contribution in [-0.2, 0) is 0 Å². The summed E-state index contributed by atoms with van der Waals surface area (Å²) >= 11 is 7.57. The van der Waals surface area contributed by atoms with Crippen LogP contribution in [0.3, 0.4) is 0 Å². The lowest BCUT2D eigenvalue weighted by molar-refractivity contribution is 1.16. The molecular formula is C16H9ClN2S. The molecular weight excluding hydrogens is 288 g/mol. The zero-order valence-electron chi connectivity index (χ0n) is 10.4. The number of pyridine rings is 1. The fourth-order valence-corrected chi connectivity index (χ4v) is 3.02. The highest BCUT2D eigenvalue weighted by Gasteiger charge is 2.10. The van der Waals surface area contributed by atoms with E-state index >= 15 is 0 Å². The minimum Gasteiger partial charge on any atom is -0.240 e. The van der Waals surface area contributed by atoms with Crippen molar-refractivity contribution >= 4 is 34.3 Å². The van der Waals surface area contributed by atoms with Gasteiger partial charge < -0.3 is 0 Å². The second kappa shape index (κ2) is 5.54. The molecule has 0 fully saturated rings. The van der Waals surface area contributed by atoms with Gasteiger partial charge in [0.05, 0.1) is 16.1 Å². The van der Waals surface area contributed by atoms with E-state index in [0.717, 1.165) is 15.8 Å². The third-order valence-corrected chi connectivity index (χ3v) is 4.37. The third kappa shape index (κ3) is 2.49. The van der Waals surface area contributed by atoms with Crippen LogP contribution in [-0.4, -0.2) is 4.98 Å². The van der Waals surface area contributed by atoms with Gasteiger partial charge in [0, 0.05) is 10.3 Å². The van der Waals surface area contributed by atoms with Crippen molar-refractivity contribution in [1.82, 2.24) is 4.98 Å². The molecule has 0 saturated heterocycles. The Morgan fingerprint density at radius 3 is 2.60 bits per heavy atom. The second-order valence-corrected chi connectivity index (χ2v) is 5.62. The average molecular weight is 297 g/mol. The lowest BCUT2D eigenvalue weighted by Gasteiger charge is -2.06. The molecule has 0 N–H and O–H groups in total. The first-order valence-corrected chi connectivity index (χ1v) is 7.19. The smallest absolute Gasteiger partial charge is 0.119 e. The van der Waals surface area contributed by atoms with Crippen LogP contribution in [0, 0.1) is 11.3 Å². The summed E-state index contributed by atoms with van der Waals surface area (Å²) < 4.78 is 0. The Bertz CT molecular complexity index is 824. The summed E-state index contributed by atoms with van der Waals surface area (Å²) in [5, 5.41) is 11.6. The van der Waals surface area contributed by atoms with E-state index < -0.39 is 0 Å². The summed E-state index contributed by atoms with van der Waals surface area (Å²) in [5.74, 6) is 0. The fraction of sp³-hybridized carbons (Fsp3) is 0. The molecule has 96 valence electrons. The summed E-state index contributed by atoms with van der Waals surface area (Å²) in [6, 6.07) is 19.4. The number of hydrogen-bond acceptors (Lipinski definition) is 3. The maximum atomic E-state index is 9.29. The van der Waals surface area contributed by atoms with Crippen molar-refractivity contribution in [2.75, 3.05) is 0 Å². The zero-order valence-corrected chi connectivity index (χ0v) is 11.9. The number of benzene rings is 2. The van der Waals surface area contributed by atoms with E-state index in [1.54, 1.807) is 0 Å². The lowest BCUT2D eigenvalue weighted by atomic mass is 10.2. The van der Waals surface area contributed by atoms with Gasteiger partial charge in [-0.25, -0.2) is 4.98 Å². The van der Waals surface area contributed by atoms with Crippen LogP contribution in [0.1, 0.15) is 5.56 Å². The number of fused-ring (bicyclic) bond motifs is 1. The van der Waals surface area contributed by atoms with Crippen LogP contribution >= 0.6 is 23.4 Å². The fourth-order valence-electron chi connectivity index (χ4n) is 1.89. The van der Waals surface area contributed by atoms with Gasteiger partial charge in [-0.05, 0) is 24.3 Å². The van der Waals surface area contributed by atoms with E-state index in [9.17, 15) is 5.26 Å². The van der Waals surface area contributed by atoms with Crippen LogP contribution in [0.15, 0.2) is 64.5 Å². The Labute approximate surface area is 126 Å². The summed E-state index contributed by atoms with van der Waals surface area (Å²) in [6.45, 7) is 0. The van der Waals surface area contributed by atoms with Crippen LogP contribution in [0.5, 0.6) is 0 Å². The predicted octanol–water partition coefficient (Wildman–Crippen LogP) is 4.91. The highest BCUT2D eigenvalue weighted by Crippen LogP contribution is 2.34. The van der Waals surface area contributed by atoms with Crippen LogP contribution in [0.25, 0.3) is 10.9 Å². The topological polar surface area (TPSA) is 36.7 Å². The van der Waals surface area contributed by atoms with Gasteiger partial charge in [0.1, 0.15) is 11.1 Å². The molecule has 0 unspecified atom stereocenters. The number of aromatic nitrogens is 1. The van der Waals surface area contributed by atoms with Crippen LogP contribution in [0.2, 0.25) is 5.02 Å². The molecule has 0 aliphatic carbocycles. The molecule has 0 spiro atoms. The average Bonchev–Trinajstić information content (AvgIpc) is 2.49. The highest BCUT2D eigenvalue weighted by molar-refractivity contribution is 7.99. The van der Waals surface area contributed by atoms with Gasteiger partial charge >= 0.3 is 0 Å². The Kier molecular flexibility index (Phi) is 3.60. The summed E-state index contributed by atoms with van der Waals surface area (Å²) in [4.78, 5) is 5.46. The number of nitrogens with zero attached hydrogens (tertiary/aromatic N) is 2. The van der Waals surface area contributed by atoms with Crippen molar-refractivity contribution < 1.29 is 0 Å². The third-order valence-electron chi connectivity index (χ3n) is 2.85. The molecule has 3 rings (SSSR count). The first-order chi connectivity index (χ1) is 9.78. The maximum Gasteiger partial charge on any atom is 0.119 e. The van der Waals surface area contributed by atoms with Gasteiger partial charge in [-0.15, -0.1) is 0 Å². The molecule has 2 aromatic carbocycles. The molecule has 0 aliphatic heterocycles. The van der Waals surface area contributed by atoms with Crippen molar-refractivity contribution in [1.29, 1.82) is 5.26 Å². The van der Waals surface area contributed by atoms with Gasteiger partial charge in [-0.3, -0.25) is 0 Å². The normalized spacial score (nSPS) is 10.4. The first-order valence-electron chi connectivity index (χ1n) is 6.00. The lowest BCUT2D eigenvalue weighted by Crippen LogP contribution is -1.89. The van der Waals surface area contributed by atoms with Crippen molar-refractivity contribution in [3.05, 3.63) is 65.2 Å². The first kappa shape index (κ1) is 13.0. The van der Waals surface area contributed by atoms with Crippen molar-refractivity contribution in [2.45, 2.75) is 9.92 Å². The molecule has 20 heavy (non-hydrogen) atoms. The minimum atomic E-state index is 0.564. The number of para-hydroxylation sites is 1. The molecule has 0 bridgehead atoms. The van der Waals surface area contributed by atoms with E-state index in [-0.39, 0.29) is 0 Å². The van der Waals surface area contributed by atoms with Gasteiger partial charge in [-0.1, -0.05) is 53.7 Å². The quantitative estimate of drug-likeness (QED) is 0.674. The molecule has 0 amide bonds. The molecule has 0 aliphatic rings. The van der Waals surface area contributed by atoms with E-state index in [4.69, 9.17) is 11.6 Å². The van der Waals surface area contributed by atoms with E-state index in [1.165, 1.54) is 11.8 Å². The molecule has 4 heteroatoms. The maximum absolute atomic E-state index is 9.29. The molecule has 3 aromatic rings. The molecule has 0 saturated carbocycles. The van der Waals surface area contributed by atoms with Crippen molar-refractivity contribution in [3.8, 4) is 6.07 Å². The Hall–Kier alpha value is -2.02.